The molecule has 0 saturated carbocycles. The van der Waals surface area contributed by atoms with Crippen LogP contribution in [0, 0.1) is 0 Å². The topological polar surface area (TPSA) is 69.0 Å². The molecule has 0 fully saturated rings. The summed E-state index contributed by atoms with van der Waals surface area (Å²) in [5.74, 6) is -4.36. The molecular formula is C28H10F16N4O2S6. The number of ether oxygens (including phenoxy) is 2. The molecule has 0 N–H and O–H groups in total. The van der Waals surface area contributed by atoms with E-state index in [1.54, 1.807) is 0 Å². The molecule has 0 saturated heterocycles. The van der Waals surface area contributed by atoms with Gasteiger partial charge in [-0.25, -0.2) is 0 Å². The van der Waals surface area contributed by atoms with Crippen LogP contribution in [0.1, 0.15) is 0 Å². The lowest BCUT2D eigenvalue weighted by molar-refractivity contribution is -0.276. The third-order valence-electron chi connectivity index (χ3n) is 7.37. The van der Waals surface area contributed by atoms with Crippen LogP contribution in [0.2, 0.25) is 0 Å². The van der Waals surface area contributed by atoms with Crippen molar-refractivity contribution in [3.05, 3.63) is 60.7 Å². The standard InChI is InChI=1S/C28H10F16N4O2S6/c29-27(30,31)49-13-9-11(1-7-19(13)55(35,36,37,38)39)15-3-5-17(51-15)21-23-25(47-53-45-23)22(26-24(21)46-54-48-26)18-6-4-16(52-18)12-2-8-20(56(40,41,42,43)44)14(10-12)50-28(32,33)34/h1-10H. The number of nitrogens with zero attached hydrogens (tertiary/aromatic N) is 4. The van der Waals surface area contributed by atoms with Gasteiger partial charge in [0.2, 0.25) is 0 Å². The number of rotatable bonds is 8. The van der Waals surface area contributed by atoms with E-state index in [4.69, 9.17) is 0 Å². The first-order valence-corrected chi connectivity index (χ1v) is 21.1. The number of fused-ring (bicyclic) bond motifs is 2. The average molecular weight is 931 g/mol. The molecular weight excluding hydrogens is 921 g/mol. The van der Waals surface area contributed by atoms with Gasteiger partial charge in [0.05, 0.1) is 23.1 Å². The van der Waals surface area contributed by atoms with Crippen LogP contribution in [0.15, 0.2) is 79.2 Å². The summed E-state index contributed by atoms with van der Waals surface area (Å²) in [6.45, 7) is 0. The van der Waals surface area contributed by atoms with Gasteiger partial charge in [-0.2, -0.15) is 17.5 Å². The van der Waals surface area contributed by atoms with Crippen molar-refractivity contribution >= 4 is 88.6 Å². The van der Waals surface area contributed by atoms with E-state index in [0.29, 0.717) is 35.2 Å². The molecule has 0 radical (unpaired) electrons. The minimum Gasteiger partial charge on any atom is -0.404 e. The van der Waals surface area contributed by atoms with Crippen LogP contribution >= 0.6 is 54.8 Å². The van der Waals surface area contributed by atoms with E-state index >= 15 is 0 Å². The highest BCUT2D eigenvalue weighted by molar-refractivity contribution is 8.46. The van der Waals surface area contributed by atoms with Gasteiger partial charge in [0.15, 0.2) is 11.5 Å². The second-order valence-electron chi connectivity index (χ2n) is 11.4. The number of aromatic nitrogens is 2. The van der Waals surface area contributed by atoms with Crippen molar-refractivity contribution in [1.29, 1.82) is 0 Å². The molecule has 0 amide bonds. The van der Waals surface area contributed by atoms with Crippen LogP contribution < -0.4 is 9.47 Å². The van der Waals surface area contributed by atoms with Crippen molar-refractivity contribution in [2.75, 3.05) is 0 Å². The maximum Gasteiger partial charge on any atom is 0.573 e. The zero-order chi connectivity index (χ0) is 41.2. The normalized spacial score (nSPS) is 16.1. The summed E-state index contributed by atoms with van der Waals surface area (Å²) in [5.41, 5.74) is 0.242. The number of halogens is 16. The molecule has 6 nitrogen and oxygen atoms in total. The van der Waals surface area contributed by atoms with Gasteiger partial charge in [0.1, 0.15) is 32.2 Å². The van der Waals surface area contributed by atoms with E-state index in [-0.39, 0.29) is 88.4 Å². The monoisotopic (exact) mass is 930 g/mol. The molecule has 28 heteroatoms. The van der Waals surface area contributed by atoms with Gasteiger partial charge in [-0.3, -0.25) is 0 Å². The Morgan fingerprint density at radius 3 is 1.18 bits per heavy atom. The van der Waals surface area contributed by atoms with Gasteiger partial charge in [-0.15, -0.1) is 49.0 Å². The third kappa shape index (κ3) is 8.02. The van der Waals surface area contributed by atoms with Gasteiger partial charge in [0.25, 0.3) is 0 Å². The fourth-order valence-electron chi connectivity index (χ4n) is 5.35. The van der Waals surface area contributed by atoms with E-state index in [1.807, 2.05) is 0 Å². The number of benzene rings is 3. The molecule has 7 rings (SSSR count). The lowest BCUT2D eigenvalue weighted by Crippen LogP contribution is -2.20. The lowest BCUT2D eigenvalue weighted by Gasteiger charge is -2.41. The second kappa shape index (κ2) is 11.3. The molecule has 302 valence electrons. The largest absolute Gasteiger partial charge is 0.573 e. The Morgan fingerprint density at radius 1 is 0.482 bits per heavy atom. The number of hydrogen-bond acceptors (Lipinski definition) is 9. The van der Waals surface area contributed by atoms with Gasteiger partial charge in [-0.1, -0.05) is 51.0 Å². The first kappa shape index (κ1) is 40.1. The zero-order valence-corrected chi connectivity index (χ0v) is 30.8. The van der Waals surface area contributed by atoms with E-state index in [9.17, 15) is 65.2 Å². The summed E-state index contributed by atoms with van der Waals surface area (Å²) >= 11 is 2.91. The second-order valence-corrected chi connectivity index (χ2v) is 19.3. The quantitative estimate of drug-likeness (QED) is 0.142. The summed E-state index contributed by atoms with van der Waals surface area (Å²) in [4.78, 5) is -5.29. The molecule has 6 aromatic rings. The van der Waals surface area contributed by atoms with Crippen molar-refractivity contribution < 1.29 is 74.7 Å². The average Bonchev–Trinajstić information content (AvgIpc) is 3.82. The minimum atomic E-state index is -10.7. The fraction of sp³-hybridized carbons (Fsp3) is 0.0714. The minimum absolute atomic E-state index is 0.00886. The van der Waals surface area contributed by atoms with Crippen molar-refractivity contribution in [3.8, 4) is 53.3 Å². The molecule has 56 heavy (non-hydrogen) atoms. The molecule has 0 spiro atoms. The van der Waals surface area contributed by atoms with Gasteiger partial charge >= 0.3 is 33.2 Å². The van der Waals surface area contributed by atoms with Gasteiger partial charge in [-0.05, 0) is 59.7 Å². The maximum absolute atomic E-state index is 13.6. The third-order valence-corrected chi connectivity index (χ3v) is 13.1. The number of hydrogen-bond donors (Lipinski definition) is 0. The number of thiophene rings is 2. The summed E-state index contributed by atoms with van der Waals surface area (Å²) in [7, 11) is -21.3. The number of alkyl halides is 6. The zero-order valence-electron chi connectivity index (χ0n) is 25.9. The molecule has 3 aromatic heterocycles. The molecule has 0 unspecified atom stereocenters. The summed E-state index contributed by atoms with van der Waals surface area (Å²) < 4.78 is 238. The van der Waals surface area contributed by atoms with E-state index in [1.165, 1.54) is 24.3 Å². The molecule has 4 heterocycles. The van der Waals surface area contributed by atoms with Crippen molar-refractivity contribution in [2.45, 2.75) is 22.5 Å². The maximum atomic E-state index is 13.6. The van der Waals surface area contributed by atoms with Crippen LogP contribution in [0.5, 0.6) is 11.5 Å². The van der Waals surface area contributed by atoms with Crippen LogP contribution in [0.25, 0.3) is 52.8 Å². The van der Waals surface area contributed by atoms with Gasteiger partial charge < -0.3 is 9.47 Å². The van der Waals surface area contributed by atoms with Crippen LogP contribution in [-0.2, 0) is 11.4 Å². The Hall–Kier alpha value is -4.12. The summed E-state index contributed by atoms with van der Waals surface area (Å²) in [6.07, 6.45) is -11.5. The van der Waals surface area contributed by atoms with Crippen LogP contribution in [0.4, 0.5) is 76.6 Å². The Kier molecular flexibility index (Phi) is 8.08. The van der Waals surface area contributed by atoms with Gasteiger partial charge in [0, 0.05) is 30.6 Å². The predicted octanol–water partition coefficient (Wildman–Crippen LogP) is 16.3. The van der Waals surface area contributed by atoms with Crippen LogP contribution in [0.3, 0.4) is 0 Å². The highest BCUT2D eigenvalue weighted by Gasteiger charge is 2.68. The van der Waals surface area contributed by atoms with Crippen molar-refractivity contribution in [1.82, 2.24) is 8.75 Å². The van der Waals surface area contributed by atoms with Crippen LogP contribution in [-0.4, -0.2) is 21.5 Å². The van der Waals surface area contributed by atoms with E-state index in [2.05, 4.69) is 26.9 Å². The first-order chi connectivity index (χ1) is 25.2. The lowest BCUT2D eigenvalue weighted by atomic mass is 10.0. The predicted molar refractivity (Wildman–Crippen MR) is 183 cm³/mol. The molecule has 0 aliphatic carbocycles. The summed E-state index contributed by atoms with van der Waals surface area (Å²) in [5, 5.41) is 0. The SMILES string of the molecule is FC(F)(F)Oc1cc(-c2ccc(-c3c4c(c(-c5ccc(-c6ccc(S(F)(F)(F)(F)F)c(OC(F)(F)F)c6)s5)c5nsnc35)N=S=N4)s2)ccc1S(F)(F)(F)(F)F. The Labute approximate surface area is 316 Å². The molecule has 1 aliphatic rings. The summed E-state index contributed by atoms with van der Waals surface area (Å²) in [6, 6.07) is 6.24. The molecule has 0 bridgehead atoms. The first-order valence-electron chi connectivity index (χ1n) is 14.1. The highest BCUT2D eigenvalue weighted by atomic mass is 32.5. The smallest absolute Gasteiger partial charge is 0.404 e. The fourth-order valence-corrected chi connectivity index (χ4v) is 10.2. The Bertz CT molecular complexity index is 2520. The van der Waals surface area contributed by atoms with E-state index < -0.39 is 54.5 Å². The van der Waals surface area contributed by atoms with E-state index in [0.717, 1.165) is 22.7 Å². The Balaban J connectivity index is 1.31. The molecule has 0 atom stereocenters. The van der Waals surface area contributed by atoms with Crippen molar-refractivity contribution in [2.24, 2.45) is 8.73 Å². The highest BCUT2D eigenvalue weighted by Crippen LogP contribution is 3.04. The molecule has 1 aliphatic heterocycles. The molecule has 3 aromatic carbocycles. The Morgan fingerprint density at radius 2 is 0.839 bits per heavy atom. The van der Waals surface area contributed by atoms with Crippen molar-refractivity contribution in [3.63, 3.8) is 0 Å².